The number of benzene rings is 1. The highest BCUT2D eigenvalue weighted by Gasteiger charge is 2.12. The van der Waals surface area contributed by atoms with Crippen LogP contribution in [0, 0.1) is 18.8 Å². The molecule has 2 atom stereocenters. The number of aryl methyl sites for hydroxylation is 1. The lowest BCUT2D eigenvalue weighted by Gasteiger charge is -2.11. The number of amides is 1. The van der Waals surface area contributed by atoms with Crippen molar-refractivity contribution in [3.8, 4) is 11.8 Å². The number of hydrogen-bond donors (Lipinski definition) is 2. The summed E-state index contributed by atoms with van der Waals surface area (Å²) < 4.78 is 11.3. The number of rotatable bonds is 4. The number of carbonyl (C=O) groups excluding carboxylic acids is 1. The first kappa shape index (κ1) is 16.4. The van der Waals surface area contributed by atoms with E-state index in [0.29, 0.717) is 12.1 Å². The third-order valence-corrected chi connectivity index (χ3v) is 4.23. The lowest BCUT2D eigenvalue weighted by atomic mass is 10.0. The molecule has 1 rings (SSSR count). The van der Waals surface area contributed by atoms with E-state index in [1.165, 1.54) is 0 Å². The Morgan fingerprint density at radius 2 is 2.20 bits per heavy atom. The Kier molecular flexibility index (Phi) is 6.43. The Labute approximate surface area is 122 Å². The van der Waals surface area contributed by atoms with Crippen LogP contribution in [0.2, 0.25) is 0 Å². The summed E-state index contributed by atoms with van der Waals surface area (Å²) in [5, 5.41) is 2.73. The van der Waals surface area contributed by atoms with Gasteiger partial charge >= 0.3 is 0 Å². The SMILES string of the molecule is Cc1ccc(C#CCN)cc1C(=O)NCC(C)S(C)=O. The first-order valence-corrected chi connectivity index (χ1v) is 7.97. The van der Waals surface area contributed by atoms with Crippen molar-refractivity contribution in [1.29, 1.82) is 0 Å². The van der Waals surface area contributed by atoms with Gasteiger partial charge in [-0.2, -0.15) is 0 Å². The van der Waals surface area contributed by atoms with E-state index in [0.717, 1.165) is 11.1 Å². The first-order chi connectivity index (χ1) is 9.45. The minimum absolute atomic E-state index is 0.0699. The van der Waals surface area contributed by atoms with E-state index in [-0.39, 0.29) is 17.7 Å². The highest BCUT2D eigenvalue weighted by atomic mass is 32.2. The molecule has 0 aliphatic heterocycles. The average Bonchev–Trinajstić information content (AvgIpc) is 2.43. The highest BCUT2D eigenvalue weighted by molar-refractivity contribution is 7.84. The van der Waals surface area contributed by atoms with Gasteiger partial charge in [-0.1, -0.05) is 17.9 Å². The lowest BCUT2D eigenvalue weighted by molar-refractivity contribution is 0.0953. The number of carbonyl (C=O) groups is 1. The van der Waals surface area contributed by atoms with Crippen molar-refractivity contribution in [2.75, 3.05) is 19.3 Å². The summed E-state index contributed by atoms with van der Waals surface area (Å²) in [6.07, 6.45) is 1.63. The zero-order valence-corrected chi connectivity index (χ0v) is 12.8. The summed E-state index contributed by atoms with van der Waals surface area (Å²) in [5.74, 6) is 5.50. The van der Waals surface area contributed by atoms with Crippen LogP contribution in [0.1, 0.15) is 28.4 Å². The monoisotopic (exact) mass is 292 g/mol. The van der Waals surface area contributed by atoms with Crippen LogP contribution in [-0.2, 0) is 10.8 Å². The van der Waals surface area contributed by atoms with Gasteiger partial charge in [-0.15, -0.1) is 0 Å². The van der Waals surface area contributed by atoms with E-state index in [1.807, 2.05) is 26.0 Å². The van der Waals surface area contributed by atoms with Crippen molar-refractivity contribution >= 4 is 16.7 Å². The maximum absolute atomic E-state index is 12.1. The number of nitrogens with one attached hydrogen (secondary N) is 1. The van der Waals surface area contributed by atoms with Gasteiger partial charge in [0.1, 0.15) is 0 Å². The van der Waals surface area contributed by atoms with E-state index >= 15 is 0 Å². The predicted molar refractivity (Wildman–Crippen MR) is 83.0 cm³/mol. The molecule has 5 heteroatoms. The van der Waals surface area contributed by atoms with Gasteiger partial charge in [0, 0.05) is 40.0 Å². The molecule has 1 amide bonds. The predicted octanol–water partition coefficient (Wildman–Crippen LogP) is 0.802. The van der Waals surface area contributed by atoms with E-state index in [4.69, 9.17) is 5.73 Å². The quantitative estimate of drug-likeness (QED) is 0.806. The first-order valence-electron chi connectivity index (χ1n) is 6.35. The molecule has 0 aromatic heterocycles. The second-order valence-electron chi connectivity index (χ2n) is 4.55. The molecular formula is C15H20N2O2S. The topological polar surface area (TPSA) is 72.2 Å². The molecule has 0 fully saturated rings. The molecule has 0 bridgehead atoms. The van der Waals surface area contributed by atoms with Gasteiger partial charge in [0.2, 0.25) is 0 Å². The maximum atomic E-state index is 12.1. The fourth-order valence-electron chi connectivity index (χ4n) is 1.55. The van der Waals surface area contributed by atoms with E-state index < -0.39 is 10.8 Å². The molecular weight excluding hydrogens is 272 g/mol. The van der Waals surface area contributed by atoms with Gasteiger partial charge in [-0.05, 0) is 31.5 Å². The van der Waals surface area contributed by atoms with E-state index in [2.05, 4.69) is 17.2 Å². The summed E-state index contributed by atoms with van der Waals surface area (Å²) >= 11 is 0. The average molecular weight is 292 g/mol. The molecule has 0 saturated heterocycles. The number of hydrogen-bond acceptors (Lipinski definition) is 3. The van der Waals surface area contributed by atoms with Crippen molar-refractivity contribution < 1.29 is 9.00 Å². The van der Waals surface area contributed by atoms with Crippen LogP contribution in [0.5, 0.6) is 0 Å². The highest BCUT2D eigenvalue weighted by Crippen LogP contribution is 2.10. The molecule has 0 spiro atoms. The van der Waals surface area contributed by atoms with E-state index in [9.17, 15) is 9.00 Å². The Balaban J connectivity index is 2.84. The molecule has 4 nitrogen and oxygen atoms in total. The second kappa shape index (κ2) is 7.83. The van der Waals surface area contributed by atoms with Crippen LogP contribution in [-0.4, -0.2) is 34.7 Å². The van der Waals surface area contributed by atoms with Gasteiger partial charge in [0.25, 0.3) is 5.91 Å². The van der Waals surface area contributed by atoms with Gasteiger partial charge in [-0.3, -0.25) is 9.00 Å². The van der Waals surface area contributed by atoms with Crippen LogP contribution in [0.15, 0.2) is 18.2 Å². The van der Waals surface area contributed by atoms with E-state index in [1.54, 1.807) is 12.3 Å². The third kappa shape index (κ3) is 4.80. The molecule has 0 radical (unpaired) electrons. The molecule has 0 aliphatic rings. The van der Waals surface area contributed by atoms with Crippen LogP contribution in [0.3, 0.4) is 0 Å². The van der Waals surface area contributed by atoms with Gasteiger partial charge in [-0.25, -0.2) is 0 Å². The summed E-state index contributed by atoms with van der Waals surface area (Å²) in [5.41, 5.74) is 7.56. The Bertz CT molecular complexity index is 573. The van der Waals surface area contributed by atoms with Crippen LogP contribution in [0.25, 0.3) is 0 Å². The van der Waals surface area contributed by atoms with Gasteiger partial charge in [0.15, 0.2) is 0 Å². The number of nitrogens with two attached hydrogens (primary N) is 1. The largest absolute Gasteiger partial charge is 0.351 e. The molecule has 3 N–H and O–H groups in total. The Morgan fingerprint density at radius 1 is 1.50 bits per heavy atom. The normalized spacial score (nSPS) is 13.0. The zero-order chi connectivity index (χ0) is 15.1. The van der Waals surface area contributed by atoms with Gasteiger partial charge < -0.3 is 11.1 Å². The fraction of sp³-hybridized carbons (Fsp3) is 0.400. The standard InChI is InChI=1S/C15H20N2O2S/c1-11-6-7-13(5-4-8-16)9-14(11)15(18)17-10-12(2)20(3)19/h6-7,9,12H,8,10,16H2,1-3H3,(H,17,18). The van der Waals surface area contributed by atoms with Crippen molar-refractivity contribution in [2.45, 2.75) is 19.1 Å². The van der Waals surface area contributed by atoms with Crippen molar-refractivity contribution in [1.82, 2.24) is 5.32 Å². The smallest absolute Gasteiger partial charge is 0.251 e. The summed E-state index contributed by atoms with van der Waals surface area (Å²) in [6, 6.07) is 5.47. The third-order valence-electron chi connectivity index (χ3n) is 2.93. The fourth-order valence-corrected chi connectivity index (χ4v) is 1.86. The maximum Gasteiger partial charge on any atom is 0.251 e. The molecule has 1 aromatic rings. The van der Waals surface area contributed by atoms with Gasteiger partial charge in [0.05, 0.1) is 6.54 Å². The molecule has 1 aromatic carbocycles. The second-order valence-corrected chi connectivity index (χ2v) is 6.36. The molecule has 20 heavy (non-hydrogen) atoms. The summed E-state index contributed by atoms with van der Waals surface area (Å²) in [4.78, 5) is 12.1. The minimum atomic E-state index is -0.948. The Hall–Kier alpha value is -1.64. The molecule has 0 saturated carbocycles. The van der Waals surface area contributed by atoms with Crippen LogP contribution < -0.4 is 11.1 Å². The Morgan fingerprint density at radius 3 is 2.80 bits per heavy atom. The zero-order valence-electron chi connectivity index (χ0n) is 12.0. The molecule has 0 heterocycles. The van der Waals surface area contributed by atoms with Crippen LogP contribution in [0.4, 0.5) is 0 Å². The summed E-state index contributed by atoms with van der Waals surface area (Å²) in [7, 11) is -0.948. The molecule has 108 valence electrons. The molecule has 2 unspecified atom stereocenters. The van der Waals surface area contributed by atoms with Crippen molar-refractivity contribution in [3.63, 3.8) is 0 Å². The lowest BCUT2D eigenvalue weighted by Crippen LogP contribution is -2.33. The minimum Gasteiger partial charge on any atom is -0.351 e. The summed E-state index contributed by atoms with van der Waals surface area (Å²) in [6.45, 7) is 4.39. The van der Waals surface area contributed by atoms with Crippen LogP contribution >= 0.6 is 0 Å². The molecule has 0 aliphatic carbocycles. The van der Waals surface area contributed by atoms with Crippen molar-refractivity contribution in [3.05, 3.63) is 34.9 Å². The van der Waals surface area contributed by atoms with Crippen molar-refractivity contribution in [2.24, 2.45) is 5.73 Å².